The molecular weight excluding hydrogens is 277 g/mol. The third kappa shape index (κ3) is 6.03. The molecule has 112 valence electrons. The third-order valence-corrected chi connectivity index (χ3v) is 2.33. The van der Waals surface area contributed by atoms with Gasteiger partial charge in [-0.3, -0.25) is 9.59 Å². The van der Waals surface area contributed by atoms with Gasteiger partial charge in [0.1, 0.15) is 12.4 Å². The molecule has 21 heavy (non-hydrogen) atoms. The summed E-state index contributed by atoms with van der Waals surface area (Å²) in [6, 6.07) is 3.68. The number of ether oxygens (including phenoxy) is 1. The van der Waals surface area contributed by atoms with Gasteiger partial charge in [-0.2, -0.15) is 0 Å². The number of nitrogens with two attached hydrogens (primary N) is 2. The molecule has 0 saturated carbocycles. The van der Waals surface area contributed by atoms with Crippen molar-refractivity contribution in [3.63, 3.8) is 0 Å². The number of primary amides is 1. The van der Waals surface area contributed by atoms with Gasteiger partial charge in [-0.05, 0) is 18.2 Å². The Morgan fingerprint density at radius 1 is 1.38 bits per heavy atom. The fourth-order valence-electron chi connectivity index (χ4n) is 1.47. The van der Waals surface area contributed by atoms with E-state index in [2.05, 4.69) is 17.2 Å². The van der Waals surface area contributed by atoms with Crippen molar-refractivity contribution in [2.24, 2.45) is 11.5 Å². The molecule has 0 radical (unpaired) electrons. The van der Waals surface area contributed by atoms with Crippen LogP contribution in [0.25, 0.3) is 0 Å². The molecule has 0 fully saturated rings. The number of amides is 2. The lowest BCUT2D eigenvalue weighted by Gasteiger charge is -2.07. The molecule has 0 saturated heterocycles. The van der Waals surface area contributed by atoms with Gasteiger partial charge in [-0.1, -0.05) is 11.8 Å². The first-order valence-electron chi connectivity index (χ1n) is 6.17. The molecule has 0 aliphatic heterocycles. The van der Waals surface area contributed by atoms with E-state index in [4.69, 9.17) is 16.2 Å². The van der Waals surface area contributed by atoms with E-state index in [1.54, 1.807) is 0 Å². The first-order valence-corrected chi connectivity index (χ1v) is 6.17. The van der Waals surface area contributed by atoms with E-state index < -0.39 is 17.6 Å². The van der Waals surface area contributed by atoms with Gasteiger partial charge in [0.2, 0.25) is 5.91 Å². The molecule has 1 rings (SSSR count). The van der Waals surface area contributed by atoms with Crippen molar-refractivity contribution in [3.8, 4) is 11.8 Å². The number of hydrogen-bond donors (Lipinski definition) is 3. The van der Waals surface area contributed by atoms with Crippen molar-refractivity contribution < 1.29 is 18.7 Å². The zero-order valence-electron chi connectivity index (χ0n) is 11.3. The molecule has 0 aromatic heterocycles. The molecule has 7 heteroatoms. The number of rotatable bonds is 6. The molecule has 0 atom stereocenters. The number of halogens is 1. The maximum Gasteiger partial charge on any atom is 0.252 e. The predicted octanol–water partition coefficient (Wildman–Crippen LogP) is -0.632. The van der Waals surface area contributed by atoms with Gasteiger partial charge in [0, 0.05) is 12.1 Å². The second-order valence-electron chi connectivity index (χ2n) is 3.97. The molecule has 0 unspecified atom stereocenters. The Balaban J connectivity index is 2.63. The van der Waals surface area contributed by atoms with E-state index in [0.29, 0.717) is 0 Å². The van der Waals surface area contributed by atoms with Gasteiger partial charge in [0.05, 0.1) is 18.7 Å². The van der Waals surface area contributed by atoms with E-state index >= 15 is 0 Å². The first-order chi connectivity index (χ1) is 10.0. The van der Waals surface area contributed by atoms with E-state index in [0.717, 1.165) is 0 Å². The highest BCUT2D eigenvalue weighted by Crippen LogP contribution is 2.10. The van der Waals surface area contributed by atoms with Crippen LogP contribution in [0, 0.1) is 17.7 Å². The van der Waals surface area contributed by atoms with Crippen molar-refractivity contribution in [1.29, 1.82) is 0 Å². The van der Waals surface area contributed by atoms with Crippen LogP contribution in [0.1, 0.15) is 15.9 Å². The second-order valence-corrected chi connectivity index (χ2v) is 3.97. The summed E-state index contributed by atoms with van der Waals surface area (Å²) in [7, 11) is 0. The molecule has 1 aromatic carbocycles. The number of nitrogens with one attached hydrogen (secondary N) is 1. The molecule has 6 nitrogen and oxygen atoms in total. The third-order valence-electron chi connectivity index (χ3n) is 2.33. The average molecular weight is 293 g/mol. The largest absolute Gasteiger partial charge is 0.370 e. The van der Waals surface area contributed by atoms with Gasteiger partial charge in [0.25, 0.3) is 5.91 Å². The molecule has 0 bridgehead atoms. The molecule has 0 heterocycles. The number of benzene rings is 1. The summed E-state index contributed by atoms with van der Waals surface area (Å²) >= 11 is 0. The van der Waals surface area contributed by atoms with Crippen LogP contribution < -0.4 is 16.8 Å². The Kier molecular flexibility index (Phi) is 6.87. The Labute approximate surface area is 121 Å². The second kappa shape index (κ2) is 8.68. The molecule has 0 spiro atoms. The maximum atomic E-state index is 13.2. The van der Waals surface area contributed by atoms with Crippen LogP contribution in [0.4, 0.5) is 4.39 Å². The fourth-order valence-corrected chi connectivity index (χ4v) is 1.47. The van der Waals surface area contributed by atoms with Crippen molar-refractivity contribution in [1.82, 2.24) is 5.32 Å². The Hall–Kier alpha value is -2.43. The highest BCUT2D eigenvalue weighted by atomic mass is 19.1. The summed E-state index contributed by atoms with van der Waals surface area (Å²) in [4.78, 5) is 22.4. The quantitative estimate of drug-likeness (QED) is 0.479. The lowest BCUT2D eigenvalue weighted by molar-refractivity contribution is -0.122. The van der Waals surface area contributed by atoms with Crippen LogP contribution in [0.15, 0.2) is 18.2 Å². The minimum Gasteiger partial charge on any atom is -0.370 e. The topological polar surface area (TPSA) is 107 Å². The normalized spacial score (nSPS) is 9.62. The SMILES string of the molecule is NCC#Cc1cc(F)ccc1C(=O)NCCOCC(N)=O. The molecule has 5 N–H and O–H groups in total. The van der Waals surface area contributed by atoms with Gasteiger partial charge in [-0.15, -0.1) is 0 Å². The molecule has 0 aliphatic carbocycles. The van der Waals surface area contributed by atoms with Gasteiger partial charge in [-0.25, -0.2) is 4.39 Å². The molecule has 2 amide bonds. The Morgan fingerprint density at radius 3 is 2.81 bits per heavy atom. The maximum absolute atomic E-state index is 13.2. The number of hydrogen-bond acceptors (Lipinski definition) is 4. The molecular formula is C14H16FN3O3. The van der Waals surface area contributed by atoms with Crippen LogP contribution in [0.3, 0.4) is 0 Å². The van der Waals surface area contributed by atoms with Gasteiger partial charge >= 0.3 is 0 Å². The highest BCUT2D eigenvalue weighted by molar-refractivity contribution is 5.96. The van der Waals surface area contributed by atoms with Crippen molar-refractivity contribution >= 4 is 11.8 Å². The van der Waals surface area contributed by atoms with Crippen LogP contribution in [0.2, 0.25) is 0 Å². The summed E-state index contributed by atoms with van der Waals surface area (Å²) in [5, 5.41) is 2.57. The summed E-state index contributed by atoms with van der Waals surface area (Å²) in [6.07, 6.45) is 0. The van der Waals surface area contributed by atoms with Crippen LogP contribution in [-0.2, 0) is 9.53 Å². The summed E-state index contributed by atoms with van der Waals surface area (Å²) < 4.78 is 18.1. The van der Waals surface area contributed by atoms with E-state index in [9.17, 15) is 14.0 Å². The van der Waals surface area contributed by atoms with E-state index in [1.807, 2.05) is 0 Å². The van der Waals surface area contributed by atoms with Crippen LogP contribution in [0.5, 0.6) is 0 Å². The van der Waals surface area contributed by atoms with E-state index in [-0.39, 0.29) is 37.4 Å². The fraction of sp³-hybridized carbons (Fsp3) is 0.286. The number of carbonyl (C=O) groups excluding carboxylic acids is 2. The summed E-state index contributed by atoms with van der Waals surface area (Å²) in [5.74, 6) is 3.72. The summed E-state index contributed by atoms with van der Waals surface area (Å²) in [5.41, 5.74) is 10.7. The van der Waals surface area contributed by atoms with Crippen molar-refractivity contribution in [2.75, 3.05) is 26.3 Å². The first kappa shape index (κ1) is 16.6. The van der Waals surface area contributed by atoms with E-state index in [1.165, 1.54) is 18.2 Å². The molecule has 1 aromatic rings. The Bertz CT molecular complexity index is 579. The number of carbonyl (C=O) groups is 2. The van der Waals surface area contributed by atoms with Crippen LogP contribution in [-0.4, -0.2) is 38.1 Å². The van der Waals surface area contributed by atoms with Crippen molar-refractivity contribution in [3.05, 3.63) is 35.1 Å². The van der Waals surface area contributed by atoms with Crippen molar-refractivity contribution in [2.45, 2.75) is 0 Å². The highest BCUT2D eigenvalue weighted by Gasteiger charge is 2.10. The van der Waals surface area contributed by atoms with Crippen LogP contribution >= 0.6 is 0 Å². The monoisotopic (exact) mass is 293 g/mol. The lowest BCUT2D eigenvalue weighted by Crippen LogP contribution is -2.29. The molecule has 0 aliphatic rings. The Morgan fingerprint density at radius 2 is 2.14 bits per heavy atom. The smallest absolute Gasteiger partial charge is 0.252 e. The zero-order valence-corrected chi connectivity index (χ0v) is 11.3. The summed E-state index contributed by atoms with van der Waals surface area (Å²) in [6.45, 7) is 0.227. The van der Waals surface area contributed by atoms with Gasteiger partial charge in [0.15, 0.2) is 0 Å². The zero-order chi connectivity index (χ0) is 15.7. The minimum absolute atomic E-state index is 0.110. The standard InChI is InChI=1S/C14H16FN3O3/c15-11-3-4-12(10(8-11)2-1-5-16)14(20)18-6-7-21-9-13(17)19/h3-4,8H,5-7,9,16H2,(H2,17,19)(H,18,20). The average Bonchev–Trinajstić information content (AvgIpc) is 2.44. The lowest BCUT2D eigenvalue weighted by atomic mass is 10.1. The predicted molar refractivity (Wildman–Crippen MR) is 74.7 cm³/mol. The van der Waals surface area contributed by atoms with Gasteiger partial charge < -0.3 is 21.5 Å². The minimum atomic E-state index is -0.584.